The van der Waals surface area contributed by atoms with Gasteiger partial charge in [0.2, 0.25) is 0 Å². The summed E-state index contributed by atoms with van der Waals surface area (Å²) in [6, 6.07) is 16.2. The quantitative estimate of drug-likeness (QED) is 0.775. The molecule has 3 heterocycles. The summed E-state index contributed by atoms with van der Waals surface area (Å²) in [6.45, 7) is 1.32. The first-order chi connectivity index (χ1) is 12.7. The van der Waals surface area contributed by atoms with E-state index in [0.29, 0.717) is 13.1 Å². The average Bonchev–Trinajstić information content (AvgIpc) is 3.00. The summed E-state index contributed by atoms with van der Waals surface area (Å²) in [6.07, 6.45) is 0.701. The number of benzene rings is 2. The standard InChI is InChI=1S/C21H21N3O2/c1-22-17-8-4-3-7-16(17)21(26)24-11-10-15-14-6-2-5-9-18(14)23(12-13-25)19(15)20(22)24/h2-9,20,25H,10-13H2,1H3. The number of para-hydroxylation sites is 2. The SMILES string of the molecule is CN1c2ccccc2C(=O)N2CCc3c(n(CCO)c4ccccc34)C21. The summed E-state index contributed by atoms with van der Waals surface area (Å²) in [4.78, 5) is 17.3. The molecular formula is C21H21N3O2. The Bertz CT molecular complexity index is 1020. The molecule has 0 radical (unpaired) electrons. The number of fused-ring (bicyclic) bond motifs is 6. The molecule has 132 valence electrons. The second-order valence-corrected chi connectivity index (χ2v) is 7.01. The number of hydrogen-bond acceptors (Lipinski definition) is 3. The summed E-state index contributed by atoms with van der Waals surface area (Å²) in [5, 5.41) is 10.9. The van der Waals surface area contributed by atoms with Gasteiger partial charge in [0.1, 0.15) is 6.17 Å². The normalized spacial score (nSPS) is 18.7. The predicted molar refractivity (Wildman–Crippen MR) is 101 cm³/mol. The highest BCUT2D eigenvalue weighted by molar-refractivity contribution is 6.02. The zero-order valence-corrected chi connectivity index (χ0v) is 14.7. The van der Waals surface area contributed by atoms with Gasteiger partial charge < -0.3 is 19.5 Å². The molecule has 0 fully saturated rings. The van der Waals surface area contributed by atoms with Crippen LogP contribution in [0.3, 0.4) is 0 Å². The van der Waals surface area contributed by atoms with Gasteiger partial charge in [0, 0.05) is 31.0 Å². The Morgan fingerprint density at radius 1 is 1.12 bits per heavy atom. The third-order valence-corrected chi connectivity index (χ3v) is 5.73. The molecular weight excluding hydrogens is 326 g/mol. The second kappa shape index (κ2) is 5.61. The van der Waals surface area contributed by atoms with E-state index < -0.39 is 0 Å². The molecule has 0 bridgehead atoms. The molecule has 5 heteroatoms. The van der Waals surface area contributed by atoms with E-state index in [1.165, 1.54) is 10.9 Å². The van der Waals surface area contributed by atoms with Crippen LogP contribution in [0.25, 0.3) is 10.9 Å². The Balaban J connectivity index is 1.78. The monoisotopic (exact) mass is 347 g/mol. The molecule has 2 aromatic carbocycles. The highest BCUT2D eigenvalue weighted by Crippen LogP contribution is 2.44. The van der Waals surface area contributed by atoms with E-state index in [9.17, 15) is 9.90 Å². The molecule has 0 spiro atoms. The number of anilines is 1. The number of hydrogen-bond donors (Lipinski definition) is 1. The Morgan fingerprint density at radius 3 is 2.73 bits per heavy atom. The highest BCUT2D eigenvalue weighted by atomic mass is 16.3. The van der Waals surface area contributed by atoms with E-state index in [4.69, 9.17) is 0 Å². The number of amides is 1. The smallest absolute Gasteiger partial charge is 0.257 e. The number of nitrogens with zero attached hydrogens (tertiary/aromatic N) is 3. The number of aliphatic hydroxyl groups excluding tert-OH is 1. The first-order valence-corrected chi connectivity index (χ1v) is 9.06. The number of aliphatic hydroxyl groups is 1. The Morgan fingerprint density at radius 2 is 1.88 bits per heavy atom. The van der Waals surface area contributed by atoms with Crippen LogP contribution in [-0.2, 0) is 13.0 Å². The molecule has 0 saturated heterocycles. The lowest BCUT2D eigenvalue weighted by Crippen LogP contribution is -2.51. The van der Waals surface area contributed by atoms with Crippen molar-refractivity contribution in [2.75, 3.05) is 25.1 Å². The summed E-state index contributed by atoms with van der Waals surface area (Å²) < 4.78 is 2.19. The Kier molecular flexibility index (Phi) is 3.34. The van der Waals surface area contributed by atoms with Crippen molar-refractivity contribution in [2.24, 2.45) is 0 Å². The minimum absolute atomic E-state index is 0.0755. The van der Waals surface area contributed by atoms with Crippen LogP contribution in [0.4, 0.5) is 5.69 Å². The maximum atomic E-state index is 13.1. The van der Waals surface area contributed by atoms with Gasteiger partial charge in [-0.2, -0.15) is 0 Å². The van der Waals surface area contributed by atoms with Gasteiger partial charge in [-0.15, -0.1) is 0 Å². The molecule has 1 N–H and O–H groups in total. The van der Waals surface area contributed by atoms with Crippen molar-refractivity contribution in [2.45, 2.75) is 19.1 Å². The number of aromatic nitrogens is 1. The minimum atomic E-state index is -0.139. The summed E-state index contributed by atoms with van der Waals surface area (Å²) in [5.41, 5.74) is 5.30. The molecule has 2 aliphatic heterocycles. The van der Waals surface area contributed by atoms with Crippen molar-refractivity contribution in [1.82, 2.24) is 9.47 Å². The zero-order valence-electron chi connectivity index (χ0n) is 14.7. The van der Waals surface area contributed by atoms with E-state index in [0.717, 1.165) is 28.9 Å². The van der Waals surface area contributed by atoms with Gasteiger partial charge in [-0.1, -0.05) is 30.3 Å². The molecule has 0 aliphatic carbocycles. The minimum Gasteiger partial charge on any atom is -0.395 e. The molecule has 5 nitrogen and oxygen atoms in total. The maximum Gasteiger partial charge on any atom is 0.257 e. The lowest BCUT2D eigenvalue weighted by Gasteiger charge is -2.46. The molecule has 1 aromatic heterocycles. The molecule has 5 rings (SSSR count). The van der Waals surface area contributed by atoms with Crippen molar-refractivity contribution in [3.63, 3.8) is 0 Å². The topological polar surface area (TPSA) is 48.7 Å². The van der Waals surface area contributed by atoms with Gasteiger partial charge in [-0.25, -0.2) is 0 Å². The summed E-state index contributed by atoms with van der Waals surface area (Å²) in [7, 11) is 2.05. The lowest BCUT2D eigenvalue weighted by atomic mass is 9.96. The van der Waals surface area contributed by atoms with Crippen LogP contribution in [0.1, 0.15) is 27.8 Å². The van der Waals surface area contributed by atoms with Gasteiger partial charge in [-0.3, -0.25) is 4.79 Å². The van der Waals surface area contributed by atoms with E-state index in [2.05, 4.69) is 34.7 Å². The van der Waals surface area contributed by atoms with E-state index in [1.807, 2.05) is 35.2 Å². The summed E-state index contributed by atoms with van der Waals surface area (Å²) >= 11 is 0. The molecule has 2 aliphatic rings. The van der Waals surface area contributed by atoms with E-state index in [1.54, 1.807) is 0 Å². The fourth-order valence-corrected chi connectivity index (χ4v) is 4.65. The third kappa shape index (κ3) is 1.92. The summed E-state index contributed by atoms with van der Waals surface area (Å²) in [5.74, 6) is 0.0927. The van der Waals surface area contributed by atoms with Crippen LogP contribution in [0, 0.1) is 0 Å². The first kappa shape index (κ1) is 15.5. The molecule has 1 amide bonds. The van der Waals surface area contributed by atoms with E-state index >= 15 is 0 Å². The van der Waals surface area contributed by atoms with Crippen LogP contribution in [0.5, 0.6) is 0 Å². The van der Waals surface area contributed by atoms with Gasteiger partial charge in [0.25, 0.3) is 5.91 Å². The average molecular weight is 347 g/mol. The van der Waals surface area contributed by atoms with Crippen LogP contribution >= 0.6 is 0 Å². The third-order valence-electron chi connectivity index (χ3n) is 5.73. The van der Waals surface area contributed by atoms with Crippen LogP contribution < -0.4 is 4.90 Å². The second-order valence-electron chi connectivity index (χ2n) is 7.01. The largest absolute Gasteiger partial charge is 0.395 e. The first-order valence-electron chi connectivity index (χ1n) is 9.06. The van der Waals surface area contributed by atoms with E-state index in [-0.39, 0.29) is 18.7 Å². The van der Waals surface area contributed by atoms with Crippen molar-refractivity contribution in [3.05, 3.63) is 65.4 Å². The lowest BCUT2D eigenvalue weighted by molar-refractivity contribution is 0.0628. The number of carbonyl (C=O) groups is 1. The van der Waals surface area contributed by atoms with Crippen molar-refractivity contribution in [3.8, 4) is 0 Å². The Hall–Kier alpha value is -2.79. The van der Waals surface area contributed by atoms with Gasteiger partial charge in [0.05, 0.1) is 23.6 Å². The highest BCUT2D eigenvalue weighted by Gasteiger charge is 2.42. The van der Waals surface area contributed by atoms with Gasteiger partial charge in [0.15, 0.2) is 0 Å². The van der Waals surface area contributed by atoms with Crippen molar-refractivity contribution in [1.29, 1.82) is 0 Å². The van der Waals surface area contributed by atoms with Crippen molar-refractivity contribution >= 4 is 22.5 Å². The predicted octanol–water partition coefficient (Wildman–Crippen LogP) is 2.78. The Labute approximate surface area is 152 Å². The van der Waals surface area contributed by atoms with Crippen LogP contribution in [-0.4, -0.2) is 40.7 Å². The van der Waals surface area contributed by atoms with Crippen LogP contribution in [0.2, 0.25) is 0 Å². The molecule has 1 atom stereocenters. The maximum absolute atomic E-state index is 13.1. The molecule has 1 unspecified atom stereocenters. The fourth-order valence-electron chi connectivity index (χ4n) is 4.65. The van der Waals surface area contributed by atoms with Gasteiger partial charge in [-0.05, 0) is 30.2 Å². The molecule has 3 aromatic rings. The molecule has 0 saturated carbocycles. The number of rotatable bonds is 2. The van der Waals surface area contributed by atoms with Gasteiger partial charge >= 0.3 is 0 Å². The van der Waals surface area contributed by atoms with Crippen LogP contribution in [0.15, 0.2) is 48.5 Å². The molecule has 26 heavy (non-hydrogen) atoms. The number of carbonyl (C=O) groups excluding carboxylic acids is 1. The van der Waals surface area contributed by atoms with Crippen molar-refractivity contribution < 1.29 is 9.90 Å². The zero-order chi connectivity index (χ0) is 17.8. The fraction of sp³-hybridized carbons (Fsp3) is 0.286.